The maximum atomic E-state index is 3.21. The molecule has 0 aromatic heterocycles. The van der Waals surface area contributed by atoms with Crippen molar-refractivity contribution in [3.63, 3.8) is 0 Å². The number of hydrogen-bond donors (Lipinski definition) is 0. The first-order valence-corrected chi connectivity index (χ1v) is 11.6. The first-order chi connectivity index (χ1) is 7.84. The van der Waals surface area contributed by atoms with Gasteiger partial charge in [0.25, 0.3) is 0 Å². The van der Waals surface area contributed by atoms with Crippen LogP contribution in [0.3, 0.4) is 0 Å². The van der Waals surface area contributed by atoms with Crippen molar-refractivity contribution in [2.24, 2.45) is 0 Å². The summed E-state index contributed by atoms with van der Waals surface area (Å²) in [6, 6.07) is 0. The van der Waals surface area contributed by atoms with E-state index < -0.39 is 0 Å². The van der Waals surface area contributed by atoms with E-state index in [4.69, 9.17) is 0 Å². The van der Waals surface area contributed by atoms with Gasteiger partial charge in [0.2, 0.25) is 0 Å². The third-order valence-electron chi connectivity index (χ3n) is 2.33. The fourth-order valence-corrected chi connectivity index (χ4v) is 1.50. The fraction of sp³-hybridized carbons (Fsp3) is 0.375. The molecule has 2 aliphatic carbocycles. The molecule has 0 aromatic rings. The number of allylic oxidation sites excluding steroid dienone is 8. The molecular formula is C16H26SiZr-4. The fourth-order valence-electron chi connectivity index (χ4n) is 1.50. The third kappa shape index (κ3) is 11.2. The summed E-state index contributed by atoms with van der Waals surface area (Å²) in [4.78, 5) is 0. The van der Waals surface area contributed by atoms with Crippen molar-refractivity contribution in [1.29, 1.82) is 0 Å². The van der Waals surface area contributed by atoms with Crippen LogP contribution in [0.1, 0.15) is 39.5 Å². The van der Waals surface area contributed by atoms with E-state index in [-0.39, 0.29) is 14.9 Å². The van der Waals surface area contributed by atoms with Crippen molar-refractivity contribution < 1.29 is 23.3 Å². The van der Waals surface area contributed by atoms with Crippen LogP contribution in [0.2, 0.25) is 0 Å². The summed E-state index contributed by atoms with van der Waals surface area (Å²) >= 11 is 1.58. The zero-order valence-corrected chi connectivity index (χ0v) is 16.2. The van der Waals surface area contributed by atoms with Crippen LogP contribution in [0.25, 0.3) is 0 Å². The average molecular weight is 338 g/mol. The summed E-state index contributed by atoms with van der Waals surface area (Å²) in [6.07, 6.45) is 18.9. The summed E-state index contributed by atoms with van der Waals surface area (Å²) in [5.74, 6) is 0. The minimum atomic E-state index is 0. The van der Waals surface area contributed by atoms with E-state index in [1.807, 2.05) is 19.0 Å². The molecule has 2 rings (SSSR count). The Balaban J connectivity index is -0.000000217. The minimum absolute atomic E-state index is 0. The predicted molar refractivity (Wildman–Crippen MR) is 83.0 cm³/mol. The van der Waals surface area contributed by atoms with Crippen LogP contribution in [0.15, 0.2) is 35.5 Å². The number of rotatable bonds is 2. The van der Waals surface area contributed by atoms with Crippen LogP contribution in [0.4, 0.5) is 0 Å². The summed E-state index contributed by atoms with van der Waals surface area (Å²) in [7, 11) is 0. The normalized spacial score (nSPS) is 13.8. The van der Waals surface area contributed by atoms with Gasteiger partial charge < -0.3 is 14.9 Å². The second-order valence-electron chi connectivity index (χ2n) is 3.56. The molecule has 2 aliphatic rings. The van der Waals surface area contributed by atoms with E-state index >= 15 is 0 Å². The SMILES string of the molecule is CCCC1=C(C)C=[C-]C1.[C-]1=CC=CC1.[CH3-].[CH3-].[SiH2]=[Zr]. The van der Waals surface area contributed by atoms with E-state index in [9.17, 15) is 0 Å². The molecule has 0 saturated carbocycles. The molecule has 0 bridgehead atoms. The van der Waals surface area contributed by atoms with Gasteiger partial charge >= 0.3 is 30.2 Å². The quantitative estimate of drug-likeness (QED) is 0.524. The van der Waals surface area contributed by atoms with Gasteiger partial charge in [-0.05, 0) is 6.42 Å². The zero-order valence-electron chi connectivity index (χ0n) is 12.3. The van der Waals surface area contributed by atoms with Gasteiger partial charge in [0, 0.05) is 0 Å². The van der Waals surface area contributed by atoms with E-state index in [1.165, 1.54) is 18.4 Å². The van der Waals surface area contributed by atoms with Crippen LogP contribution < -0.4 is 0 Å². The van der Waals surface area contributed by atoms with Crippen molar-refractivity contribution in [3.8, 4) is 0 Å². The van der Waals surface area contributed by atoms with E-state index in [1.54, 1.807) is 28.9 Å². The summed E-state index contributed by atoms with van der Waals surface area (Å²) in [6.45, 7) is 6.34. The second-order valence-corrected chi connectivity index (χ2v) is 3.56. The zero-order chi connectivity index (χ0) is 12.2. The Bertz CT molecular complexity index is 288. The van der Waals surface area contributed by atoms with Crippen molar-refractivity contribution in [2.75, 3.05) is 0 Å². The van der Waals surface area contributed by atoms with Gasteiger partial charge in [0.15, 0.2) is 0 Å². The molecule has 0 saturated heterocycles. The molecule has 0 amide bonds. The third-order valence-corrected chi connectivity index (χ3v) is 2.33. The molecule has 18 heavy (non-hydrogen) atoms. The Labute approximate surface area is 132 Å². The molecule has 0 spiro atoms. The van der Waals surface area contributed by atoms with Gasteiger partial charge in [-0.3, -0.25) is 12.2 Å². The van der Waals surface area contributed by atoms with Crippen LogP contribution in [0, 0.1) is 27.0 Å². The summed E-state index contributed by atoms with van der Waals surface area (Å²) in [5, 5.41) is 0. The van der Waals surface area contributed by atoms with Gasteiger partial charge in [0.1, 0.15) is 0 Å². The molecule has 0 atom stereocenters. The molecule has 2 heteroatoms. The average Bonchev–Trinajstić information content (AvgIpc) is 2.98. The Hall–Kier alpha value is 0.0600. The van der Waals surface area contributed by atoms with Crippen molar-refractivity contribution in [3.05, 3.63) is 62.5 Å². The van der Waals surface area contributed by atoms with Gasteiger partial charge in [-0.25, -0.2) is 23.8 Å². The van der Waals surface area contributed by atoms with Gasteiger partial charge in [-0.15, -0.1) is 19.8 Å². The van der Waals surface area contributed by atoms with Crippen LogP contribution in [-0.2, 0) is 23.3 Å². The van der Waals surface area contributed by atoms with E-state index in [0.29, 0.717) is 0 Å². The van der Waals surface area contributed by atoms with Crippen LogP contribution in [0.5, 0.6) is 0 Å². The molecular weight excluding hydrogens is 311 g/mol. The van der Waals surface area contributed by atoms with Gasteiger partial charge in [-0.1, -0.05) is 13.3 Å². The summed E-state index contributed by atoms with van der Waals surface area (Å²) < 4.78 is 0. The first-order valence-electron chi connectivity index (χ1n) is 5.67. The van der Waals surface area contributed by atoms with Crippen molar-refractivity contribution in [1.82, 2.24) is 0 Å². The van der Waals surface area contributed by atoms with Gasteiger partial charge in [0.05, 0.1) is 0 Å². The molecule has 0 radical (unpaired) electrons. The van der Waals surface area contributed by atoms with Gasteiger partial charge in [-0.2, -0.15) is 11.6 Å². The Morgan fingerprint density at radius 1 is 1.28 bits per heavy atom. The maximum absolute atomic E-state index is 3.21. The molecule has 0 aliphatic heterocycles. The van der Waals surface area contributed by atoms with E-state index in [2.05, 4.69) is 38.2 Å². The monoisotopic (exact) mass is 336 g/mol. The molecule has 0 heterocycles. The molecule has 0 fully saturated rings. The predicted octanol–water partition coefficient (Wildman–Crippen LogP) is 4.15. The number of hydrogen-bond acceptors (Lipinski definition) is 0. The Morgan fingerprint density at radius 2 is 1.94 bits per heavy atom. The van der Waals surface area contributed by atoms with Crippen molar-refractivity contribution >= 4 is 6.88 Å². The first kappa shape index (κ1) is 23.2. The Morgan fingerprint density at radius 3 is 2.22 bits per heavy atom. The Kier molecular flexibility index (Phi) is 22.0. The molecule has 0 aromatic carbocycles. The molecule has 0 unspecified atom stereocenters. The molecule has 0 N–H and O–H groups in total. The van der Waals surface area contributed by atoms with E-state index in [0.717, 1.165) is 12.8 Å². The second kappa shape index (κ2) is 17.1. The summed E-state index contributed by atoms with van der Waals surface area (Å²) in [5.41, 5.74) is 3.02. The standard InChI is InChI=1S/C9H13.C5H5.2CH3.H2Si.Zr/c1-3-5-9-7-4-6-8(9)2;1-2-4-5-3-1;;;;/h6H,3,5,7H2,1-2H3;1-3H,4H2;2*1H3;1H2;/q4*-1;;. The van der Waals surface area contributed by atoms with Crippen LogP contribution in [-0.4, -0.2) is 6.88 Å². The van der Waals surface area contributed by atoms with Crippen molar-refractivity contribution in [2.45, 2.75) is 39.5 Å². The van der Waals surface area contributed by atoms with Crippen LogP contribution >= 0.6 is 0 Å². The molecule has 0 nitrogen and oxygen atoms in total. The molecule has 102 valence electrons. The topological polar surface area (TPSA) is 0 Å².